The van der Waals surface area contributed by atoms with Gasteiger partial charge in [0, 0.05) is 25.9 Å². The molecule has 2 amide bonds. The first kappa shape index (κ1) is 15.0. The molecule has 0 radical (unpaired) electrons. The number of hydrogen-bond acceptors (Lipinski definition) is 4. The van der Waals surface area contributed by atoms with Crippen molar-refractivity contribution >= 4 is 12.0 Å². The smallest absolute Gasteiger partial charge is 0.419 e. The quantitative estimate of drug-likeness (QED) is 0.762. The molecular weight excluding hydrogens is 234 g/mol. The van der Waals surface area contributed by atoms with E-state index >= 15 is 0 Å². The molecule has 0 aliphatic carbocycles. The summed E-state index contributed by atoms with van der Waals surface area (Å²) >= 11 is 0. The molecule has 1 rings (SSSR count). The molecule has 1 aliphatic heterocycles. The van der Waals surface area contributed by atoms with E-state index in [4.69, 9.17) is 9.47 Å². The van der Waals surface area contributed by atoms with E-state index in [1.165, 1.54) is 7.11 Å². The number of rotatable bonds is 2. The molecule has 1 unspecified atom stereocenters. The lowest BCUT2D eigenvalue weighted by Gasteiger charge is -2.39. The Morgan fingerprint density at radius 3 is 2.33 bits per heavy atom. The lowest BCUT2D eigenvalue weighted by atomic mass is 9.97. The second-order valence-corrected chi connectivity index (χ2v) is 5.91. The molecule has 1 aliphatic rings. The Bertz CT molecular complexity index is 345. The summed E-state index contributed by atoms with van der Waals surface area (Å²) in [6.07, 6.45) is 0.199. The SMILES string of the molecule is COC1(C(C)C)CCC(=O)N1C(=O)OC(C)(C)C. The Kier molecular flexibility index (Phi) is 4.05. The fraction of sp³-hybridized carbons (Fsp3) is 0.846. The van der Waals surface area contributed by atoms with E-state index in [2.05, 4.69) is 0 Å². The Hall–Kier alpha value is -1.10. The minimum atomic E-state index is -0.876. The number of amides is 2. The summed E-state index contributed by atoms with van der Waals surface area (Å²) in [5.41, 5.74) is -1.50. The minimum Gasteiger partial charge on any atom is -0.443 e. The van der Waals surface area contributed by atoms with E-state index in [-0.39, 0.29) is 11.8 Å². The largest absolute Gasteiger partial charge is 0.443 e. The van der Waals surface area contributed by atoms with Gasteiger partial charge in [0.2, 0.25) is 5.91 Å². The number of imide groups is 1. The van der Waals surface area contributed by atoms with Crippen molar-refractivity contribution in [1.29, 1.82) is 0 Å². The van der Waals surface area contributed by atoms with E-state index < -0.39 is 17.4 Å². The van der Waals surface area contributed by atoms with Crippen LogP contribution in [0.25, 0.3) is 0 Å². The van der Waals surface area contributed by atoms with Crippen LogP contribution in [0.5, 0.6) is 0 Å². The number of carbonyl (C=O) groups excluding carboxylic acids is 2. The van der Waals surface area contributed by atoms with Crippen LogP contribution in [0.4, 0.5) is 4.79 Å². The molecule has 0 saturated carbocycles. The van der Waals surface area contributed by atoms with Gasteiger partial charge in [-0.05, 0) is 20.8 Å². The zero-order valence-electron chi connectivity index (χ0n) is 12.1. The van der Waals surface area contributed by atoms with Gasteiger partial charge in [0.05, 0.1) is 0 Å². The fourth-order valence-corrected chi connectivity index (χ4v) is 2.26. The number of hydrogen-bond donors (Lipinski definition) is 0. The molecule has 0 N–H and O–H groups in total. The first-order valence-corrected chi connectivity index (χ1v) is 6.25. The predicted molar refractivity (Wildman–Crippen MR) is 66.9 cm³/mol. The molecule has 5 heteroatoms. The summed E-state index contributed by atoms with van der Waals surface area (Å²) in [5, 5.41) is 0. The third-order valence-corrected chi connectivity index (χ3v) is 3.16. The number of likely N-dealkylation sites (tertiary alicyclic amines) is 1. The Morgan fingerprint density at radius 2 is 1.94 bits per heavy atom. The van der Waals surface area contributed by atoms with E-state index in [1.807, 2.05) is 13.8 Å². The van der Waals surface area contributed by atoms with Gasteiger partial charge in [0.25, 0.3) is 0 Å². The van der Waals surface area contributed by atoms with E-state index in [1.54, 1.807) is 20.8 Å². The summed E-state index contributed by atoms with van der Waals surface area (Å²) in [4.78, 5) is 25.2. The molecule has 104 valence electrons. The van der Waals surface area contributed by atoms with Gasteiger partial charge in [-0.15, -0.1) is 0 Å². The highest BCUT2D eigenvalue weighted by Gasteiger charge is 2.52. The molecule has 0 aromatic rings. The fourth-order valence-electron chi connectivity index (χ4n) is 2.26. The van der Waals surface area contributed by atoms with Gasteiger partial charge in [0.1, 0.15) is 5.60 Å². The third-order valence-electron chi connectivity index (χ3n) is 3.16. The highest BCUT2D eigenvalue weighted by molar-refractivity contribution is 5.94. The molecule has 18 heavy (non-hydrogen) atoms. The first-order chi connectivity index (χ1) is 8.14. The van der Waals surface area contributed by atoms with Crippen LogP contribution < -0.4 is 0 Å². The van der Waals surface area contributed by atoms with Gasteiger partial charge >= 0.3 is 6.09 Å². The normalized spacial score (nSPS) is 24.8. The number of carbonyl (C=O) groups is 2. The second-order valence-electron chi connectivity index (χ2n) is 5.91. The summed E-state index contributed by atoms with van der Waals surface area (Å²) in [6, 6.07) is 0. The monoisotopic (exact) mass is 257 g/mol. The number of nitrogens with zero attached hydrogens (tertiary/aromatic N) is 1. The van der Waals surface area contributed by atoms with Crippen LogP contribution >= 0.6 is 0 Å². The van der Waals surface area contributed by atoms with Gasteiger partial charge < -0.3 is 9.47 Å². The van der Waals surface area contributed by atoms with Crippen molar-refractivity contribution < 1.29 is 19.1 Å². The summed E-state index contributed by atoms with van der Waals surface area (Å²) in [7, 11) is 1.52. The van der Waals surface area contributed by atoms with E-state index in [0.29, 0.717) is 12.8 Å². The maximum atomic E-state index is 12.2. The summed E-state index contributed by atoms with van der Waals surface area (Å²) in [6.45, 7) is 9.18. The summed E-state index contributed by atoms with van der Waals surface area (Å²) in [5.74, 6) is -0.221. The van der Waals surface area contributed by atoms with E-state index in [0.717, 1.165) is 4.90 Å². The van der Waals surface area contributed by atoms with Crippen molar-refractivity contribution in [1.82, 2.24) is 4.90 Å². The average molecular weight is 257 g/mol. The van der Waals surface area contributed by atoms with Crippen LogP contribution in [0.2, 0.25) is 0 Å². The maximum absolute atomic E-state index is 12.2. The number of methoxy groups -OCH3 is 1. The second kappa shape index (κ2) is 4.88. The van der Waals surface area contributed by atoms with Gasteiger partial charge in [-0.2, -0.15) is 0 Å². The molecule has 1 fully saturated rings. The third kappa shape index (κ3) is 2.66. The summed E-state index contributed by atoms with van der Waals surface area (Å²) < 4.78 is 10.8. The van der Waals surface area contributed by atoms with Crippen LogP contribution in [0, 0.1) is 5.92 Å². The molecule has 0 spiro atoms. The predicted octanol–water partition coefficient (Wildman–Crippen LogP) is 2.54. The highest BCUT2D eigenvalue weighted by atomic mass is 16.6. The van der Waals surface area contributed by atoms with Crippen molar-refractivity contribution in [3.63, 3.8) is 0 Å². The van der Waals surface area contributed by atoms with Gasteiger partial charge in [-0.25, -0.2) is 9.69 Å². The van der Waals surface area contributed by atoms with Crippen LogP contribution in [0.3, 0.4) is 0 Å². The molecule has 1 heterocycles. The molecule has 0 aromatic carbocycles. The van der Waals surface area contributed by atoms with E-state index in [9.17, 15) is 9.59 Å². The van der Waals surface area contributed by atoms with Gasteiger partial charge in [-0.3, -0.25) is 4.79 Å². The average Bonchev–Trinajstić information content (AvgIpc) is 2.53. The van der Waals surface area contributed by atoms with Gasteiger partial charge in [0.15, 0.2) is 5.72 Å². The van der Waals surface area contributed by atoms with Crippen LogP contribution in [0.1, 0.15) is 47.5 Å². The molecule has 1 saturated heterocycles. The Morgan fingerprint density at radius 1 is 1.39 bits per heavy atom. The van der Waals surface area contributed by atoms with Crippen molar-refractivity contribution in [2.45, 2.75) is 58.8 Å². The van der Waals surface area contributed by atoms with Crippen molar-refractivity contribution in [3.8, 4) is 0 Å². The Labute approximate surface area is 108 Å². The first-order valence-electron chi connectivity index (χ1n) is 6.25. The molecule has 1 atom stereocenters. The highest BCUT2D eigenvalue weighted by Crippen LogP contribution is 2.38. The molecule has 0 bridgehead atoms. The van der Waals surface area contributed by atoms with Crippen LogP contribution in [-0.2, 0) is 14.3 Å². The standard InChI is InChI=1S/C13H23NO4/c1-9(2)13(17-6)8-7-10(15)14(13)11(16)18-12(3,4)5/h9H,7-8H2,1-6H3. The van der Waals surface area contributed by atoms with Crippen molar-refractivity contribution in [3.05, 3.63) is 0 Å². The minimum absolute atomic E-state index is 0.0152. The maximum Gasteiger partial charge on any atom is 0.419 e. The topological polar surface area (TPSA) is 55.8 Å². The zero-order chi connectivity index (χ0) is 14.1. The zero-order valence-corrected chi connectivity index (χ0v) is 12.1. The molecule has 5 nitrogen and oxygen atoms in total. The molecular formula is C13H23NO4. The Balaban J connectivity index is 3.02. The van der Waals surface area contributed by atoms with Crippen molar-refractivity contribution in [2.24, 2.45) is 5.92 Å². The number of ether oxygens (including phenoxy) is 2. The van der Waals surface area contributed by atoms with Crippen LogP contribution in [-0.4, -0.2) is 35.3 Å². The lowest BCUT2D eigenvalue weighted by Crippen LogP contribution is -2.55. The van der Waals surface area contributed by atoms with Crippen molar-refractivity contribution in [2.75, 3.05) is 7.11 Å². The van der Waals surface area contributed by atoms with Gasteiger partial charge in [-0.1, -0.05) is 13.8 Å². The molecule has 0 aromatic heterocycles. The lowest BCUT2D eigenvalue weighted by molar-refractivity contribution is -0.159. The van der Waals surface area contributed by atoms with Crippen LogP contribution in [0.15, 0.2) is 0 Å².